The summed E-state index contributed by atoms with van der Waals surface area (Å²) in [7, 11) is 0. The van der Waals surface area contributed by atoms with Crippen LogP contribution in [0.1, 0.15) is 31.1 Å². The SMILES string of the molecule is CCOC(=O)C1=C(CSc2nccc(C(F)(F)F)n2)N(CC)C(=O)N[C@H]1c1ccccc1. The van der Waals surface area contributed by atoms with E-state index in [2.05, 4.69) is 15.3 Å². The van der Waals surface area contributed by atoms with Gasteiger partial charge in [0.1, 0.15) is 5.69 Å². The average molecular weight is 466 g/mol. The summed E-state index contributed by atoms with van der Waals surface area (Å²) in [5, 5.41) is 2.70. The predicted molar refractivity (Wildman–Crippen MR) is 112 cm³/mol. The summed E-state index contributed by atoms with van der Waals surface area (Å²) in [5.41, 5.74) is 0.177. The number of esters is 1. The van der Waals surface area contributed by atoms with E-state index >= 15 is 0 Å². The normalized spacial score (nSPS) is 16.7. The lowest BCUT2D eigenvalue weighted by atomic mass is 9.95. The molecule has 1 N–H and O–H groups in total. The number of aromatic nitrogens is 2. The first-order chi connectivity index (χ1) is 15.3. The average Bonchev–Trinajstić information content (AvgIpc) is 2.77. The van der Waals surface area contributed by atoms with E-state index in [4.69, 9.17) is 4.74 Å². The lowest BCUT2D eigenvalue weighted by molar-refractivity contribution is -0.141. The van der Waals surface area contributed by atoms with Gasteiger partial charge in [0.25, 0.3) is 0 Å². The van der Waals surface area contributed by atoms with Crippen LogP contribution in [0.15, 0.2) is 59.0 Å². The number of urea groups is 1. The zero-order valence-corrected chi connectivity index (χ0v) is 18.2. The van der Waals surface area contributed by atoms with Gasteiger partial charge in [0.2, 0.25) is 0 Å². The first-order valence-corrected chi connectivity index (χ1v) is 10.8. The van der Waals surface area contributed by atoms with Gasteiger partial charge in [-0.25, -0.2) is 19.6 Å². The van der Waals surface area contributed by atoms with Gasteiger partial charge >= 0.3 is 18.2 Å². The Bertz CT molecular complexity index is 1010. The van der Waals surface area contributed by atoms with Crippen LogP contribution in [0.5, 0.6) is 0 Å². The topological polar surface area (TPSA) is 84.4 Å². The smallest absolute Gasteiger partial charge is 0.433 e. The van der Waals surface area contributed by atoms with Crippen LogP contribution in [0.2, 0.25) is 0 Å². The van der Waals surface area contributed by atoms with Crippen LogP contribution in [0.25, 0.3) is 0 Å². The third-order valence-corrected chi connectivity index (χ3v) is 5.52. The van der Waals surface area contributed by atoms with E-state index in [1.165, 1.54) is 4.90 Å². The number of thioether (sulfide) groups is 1. The largest absolute Gasteiger partial charge is 0.463 e. The van der Waals surface area contributed by atoms with Crippen molar-refractivity contribution in [3.05, 3.63) is 65.1 Å². The molecule has 170 valence electrons. The Morgan fingerprint density at radius 2 is 1.94 bits per heavy atom. The van der Waals surface area contributed by atoms with Crippen LogP contribution in [0, 0.1) is 0 Å². The van der Waals surface area contributed by atoms with Crippen molar-refractivity contribution in [3.63, 3.8) is 0 Å². The lowest BCUT2D eigenvalue weighted by Gasteiger charge is -2.36. The van der Waals surface area contributed by atoms with E-state index in [1.54, 1.807) is 38.1 Å². The number of hydrogen-bond acceptors (Lipinski definition) is 6. The van der Waals surface area contributed by atoms with Crippen molar-refractivity contribution in [3.8, 4) is 0 Å². The second-order valence-electron chi connectivity index (χ2n) is 6.63. The van der Waals surface area contributed by atoms with Crippen molar-refractivity contribution in [2.24, 2.45) is 0 Å². The van der Waals surface area contributed by atoms with Crippen LogP contribution in [0.4, 0.5) is 18.0 Å². The van der Waals surface area contributed by atoms with Crippen LogP contribution < -0.4 is 5.32 Å². The molecule has 0 saturated heterocycles. The third kappa shape index (κ3) is 5.21. The molecule has 3 rings (SSSR count). The summed E-state index contributed by atoms with van der Waals surface area (Å²) >= 11 is 0.905. The molecule has 0 aliphatic carbocycles. The Labute approximate surface area is 187 Å². The third-order valence-electron chi connectivity index (χ3n) is 4.64. The molecule has 0 spiro atoms. The lowest BCUT2D eigenvalue weighted by Crippen LogP contribution is -2.49. The number of carbonyl (C=O) groups excluding carboxylic acids is 2. The second-order valence-corrected chi connectivity index (χ2v) is 7.57. The van der Waals surface area contributed by atoms with Crippen LogP contribution >= 0.6 is 11.8 Å². The van der Waals surface area contributed by atoms with E-state index in [9.17, 15) is 22.8 Å². The summed E-state index contributed by atoms with van der Waals surface area (Å²) in [6.45, 7) is 3.77. The predicted octanol–water partition coefficient (Wildman–Crippen LogP) is 4.19. The van der Waals surface area contributed by atoms with E-state index in [0.717, 1.165) is 24.0 Å². The molecule has 0 unspecified atom stereocenters. The fraction of sp³-hybridized carbons (Fsp3) is 0.333. The fourth-order valence-electron chi connectivity index (χ4n) is 3.24. The van der Waals surface area contributed by atoms with Crippen molar-refractivity contribution < 1.29 is 27.5 Å². The first-order valence-electron chi connectivity index (χ1n) is 9.82. The molecule has 11 heteroatoms. The molecule has 32 heavy (non-hydrogen) atoms. The molecule has 2 heterocycles. The van der Waals surface area contributed by atoms with E-state index in [1.807, 2.05) is 6.07 Å². The highest BCUT2D eigenvalue weighted by atomic mass is 32.2. The highest BCUT2D eigenvalue weighted by molar-refractivity contribution is 7.99. The molecule has 1 aliphatic heterocycles. The van der Waals surface area contributed by atoms with Gasteiger partial charge < -0.3 is 10.1 Å². The molecule has 1 aromatic carbocycles. The molecule has 2 amide bonds. The number of nitrogens with one attached hydrogen (secondary N) is 1. The fourth-order valence-corrected chi connectivity index (χ4v) is 4.11. The number of alkyl halides is 3. The van der Waals surface area contributed by atoms with Gasteiger partial charge in [-0.05, 0) is 25.5 Å². The first kappa shape index (κ1) is 23.6. The number of amides is 2. The standard InChI is InChI=1S/C21H21F3N4O3S/c1-3-28-14(12-32-19-25-11-10-15(26-19)21(22,23)24)16(18(29)31-4-2)17(27-20(28)30)13-8-6-5-7-9-13/h5-11,17H,3-4,12H2,1-2H3,(H,27,30)/t17-/m0/s1. The Morgan fingerprint density at radius 1 is 1.22 bits per heavy atom. The summed E-state index contributed by atoms with van der Waals surface area (Å²) in [5.74, 6) is -0.611. The molecule has 0 radical (unpaired) electrons. The molecule has 1 atom stereocenters. The number of carbonyl (C=O) groups is 2. The summed E-state index contributed by atoms with van der Waals surface area (Å²) in [6, 6.07) is 8.51. The number of nitrogens with zero attached hydrogens (tertiary/aromatic N) is 3. The Hall–Kier alpha value is -3.08. The van der Waals surface area contributed by atoms with Crippen molar-refractivity contribution >= 4 is 23.8 Å². The maximum Gasteiger partial charge on any atom is 0.433 e. The number of benzene rings is 1. The highest BCUT2D eigenvalue weighted by Gasteiger charge is 2.38. The quantitative estimate of drug-likeness (QED) is 0.374. The minimum atomic E-state index is -4.60. The number of ether oxygens (including phenoxy) is 1. The van der Waals surface area contributed by atoms with Gasteiger partial charge in [-0.1, -0.05) is 42.1 Å². The second kappa shape index (κ2) is 10.0. The van der Waals surface area contributed by atoms with Gasteiger partial charge in [-0.15, -0.1) is 0 Å². The number of rotatable bonds is 7. The molecule has 0 fully saturated rings. The van der Waals surface area contributed by atoms with E-state index in [-0.39, 0.29) is 29.6 Å². The Morgan fingerprint density at radius 3 is 2.56 bits per heavy atom. The molecular formula is C21H21F3N4O3S. The van der Waals surface area contributed by atoms with Crippen LogP contribution in [-0.4, -0.2) is 45.8 Å². The molecule has 0 saturated carbocycles. The summed E-state index contributed by atoms with van der Waals surface area (Å²) in [4.78, 5) is 34.5. The Kier molecular flexibility index (Phi) is 7.39. The molecule has 2 aromatic rings. The van der Waals surface area contributed by atoms with Crippen molar-refractivity contribution in [1.29, 1.82) is 0 Å². The summed E-state index contributed by atoms with van der Waals surface area (Å²) < 4.78 is 44.2. The van der Waals surface area contributed by atoms with E-state index < -0.39 is 29.9 Å². The van der Waals surface area contributed by atoms with Crippen LogP contribution in [-0.2, 0) is 15.7 Å². The highest BCUT2D eigenvalue weighted by Crippen LogP contribution is 2.34. The Balaban J connectivity index is 2.03. The summed E-state index contributed by atoms with van der Waals surface area (Å²) in [6.07, 6.45) is -3.58. The number of hydrogen-bond donors (Lipinski definition) is 1. The van der Waals surface area contributed by atoms with Crippen molar-refractivity contribution in [1.82, 2.24) is 20.2 Å². The van der Waals surface area contributed by atoms with Gasteiger partial charge in [0, 0.05) is 24.2 Å². The molecule has 7 nitrogen and oxygen atoms in total. The molecular weight excluding hydrogens is 445 g/mol. The van der Waals surface area contributed by atoms with Gasteiger partial charge in [0.05, 0.1) is 18.2 Å². The van der Waals surface area contributed by atoms with Crippen molar-refractivity contribution in [2.45, 2.75) is 31.2 Å². The molecule has 1 aliphatic rings. The zero-order valence-electron chi connectivity index (χ0n) is 17.3. The molecule has 0 bridgehead atoms. The maximum atomic E-state index is 13.0. The van der Waals surface area contributed by atoms with Crippen molar-refractivity contribution in [2.75, 3.05) is 18.9 Å². The van der Waals surface area contributed by atoms with Gasteiger partial charge in [-0.3, -0.25) is 4.90 Å². The number of halogens is 3. The minimum Gasteiger partial charge on any atom is -0.463 e. The monoisotopic (exact) mass is 466 g/mol. The zero-order chi connectivity index (χ0) is 23.3. The van der Waals surface area contributed by atoms with Gasteiger partial charge in [0.15, 0.2) is 5.16 Å². The minimum absolute atomic E-state index is 0.0000513. The van der Waals surface area contributed by atoms with Gasteiger partial charge in [-0.2, -0.15) is 13.2 Å². The molecule has 1 aromatic heterocycles. The maximum absolute atomic E-state index is 13.0. The van der Waals surface area contributed by atoms with E-state index in [0.29, 0.717) is 11.3 Å². The van der Waals surface area contributed by atoms with Crippen LogP contribution in [0.3, 0.4) is 0 Å².